The minimum Gasteiger partial charge on any atom is -0.306 e. The molecule has 0 radical (unpaired) electrons. The van der Waals surface area contributed by atoms with Gasteiger partial charge in [0.25, 0.3) is 0 Å². The van der Waals surface area contributed by atoms with Crippen LogP contribution in [0.1, 0.15) is 26.3 Å². The highest BCUT2D eigenvalue weighted by Gasteiger charge is 2.24. The van der Waals surface area contributed by atoms with Crippen molar-refractivity contribution in [1.29, 1.82) is 0 Å². The maximum Gasteiger partial charge on any atom is 0.0270 e. The summed E-state index contributed by atoms with van der Waals surface area (Å²) in [5.74, 6) is 0.681. The number of likely N-dealkylation sites (N-methyl/N-ethyl adjacent to an activating group) is 1. The molecular weight excluding hydrogens is 288 g/mol. The van der Waals surface area contributed by atoms with Gasteiger partial charge in [0, 0.05) is 30.8 Å². The first-order valence-corrected chi connectivity index (χ1v) is 7.69. The molecule has 3 heteroatoms. The van der Waals surface area contributed by atoms with E-state index in [-0.39, 0.29) is 0 Å². The molecule has 1 aromatic heterocycles. The molecule has 0 aromatic carbocycles. The van der Waals surface area contributed by atoms with E-state index in [2.05, 4.69) is 65.8 Å². The van der Waals surface area contributed by atoms with Crippen LogP contribution in [-0.2, 0) is 6.42 Å². The Labute approximate surface area is 120 Å². The number of hydrogen-bond acceptors (Lipinski definition) is 2. The first kappa shape index (κ1) is 15.6. The van der Waals surface area contributed by atoms with E-state index in [0.29, 0.717) is 11.3 Å². The molecular formula is C15H25BrN2. The average Bonchev–Trinajstić information content (AvgIpc) is 2.33. The van der Waals surface area contributed by atoms with Crippen molar-refractivity contribution in [2.75, 3.05) is 25.5 Å². The normalized spacial score (nSPS) is 13.9. The van der Waals surface area contributed by atoms with Crippen molar-refractivity contribution >= 4 is 15.9 Å². The number of hydrogen-bond donors (Lipinski definition) is 0. The number of nitrogens with zero attached hydrogens (tertiary/aromatic N) is 2. The van der Waals surface area contributed by atoms with Gasteiger partial charge in [-0.1, -0.05) is 36.7 Å². The summed E-state index contributed by atoms with van der Waals surface area (Å²) in [7, 11) is 2.21. The van der Waals surface area contributed by atoms with E-state index in [1.807, 2.05) is 12.4 Å². The lowest BCUT2D eigenvalue weighted by Crippen LogP contribution is -2.35. The summed E-state index contributed by atoms with van der Waals surface area (Å²) in [5, 5.41) is 1.07. The number of rotatable bonds is 6. The topological polar surface area (TPSA) is 16.1 Å². The molecule has 18 heavy (non-hydrogen) atoms. The molecule has 0 aliphatic carbocycles. The third-order valence-electron chi connectivity index (χ3n) is 3.47. The van der Waals surface area contributed by atoms with Crippen LogP contribution >= 0.6 is 15.9 Å². The van der Waals surface area contributed by atoms with Crippen molar-refractivity contribution < 1.29 is 0 Å². The Morgan fingerprint density at radius 3 is 2.39 bits per heavy atom. The second kappa shape index (κ2) is 7.25. The van der Waals surface area contributed by atoms with Crippen LogP contribution in [0.4, 0.5) is 0 Å². The average molecular weight is 313 g/mol. The van der Waals surface area contributed by atoms with Crippen LogP contribution in [0, 0.1) is 11.3 Å². The zero-order valence-corrected chi connectivity index (χ0v) is 13.6. The van der Waals surface area contributed by atoms with E-state index in [9.17, 15) is 0 Å². The standard InChI is InChI=1S/C15H25BrN2/c1-15(2,3)14(11-16)12-18(4)10-7-13-5-8-17-9-6-13/h5-6,8-9,14H,7,10-12H2,1-4H3. The lowest BCUT2D eigenvalue weighted by Gasteiger charge is -2.32. The van der Waals surface area contributed by atoms with Crippen LogP contribution in [0.3, 0.4) is 0 Å². The van der Waals surface area contributed by atoms with E-state index in [1.54, 1.807) is 0 Å². The lowest BCUT2D eigenvalue weighted by molar-refractivity contribution is 0.189. The highest BCUT2D eigenvalue weighted by Crippen LogP contribution is 2.28. The molecule has 102 valence electrons. The van der Waals surface area contributed by atoms with E-state index in [0.717, 1.165) is 24.8 Å². The second-order valence-corrected chi connectivity index (χ2v) is 6.73. The van der Waals surface area contributed by atoms with Crippen molar-refractivity contribution in [1.82, 2.24) is 9.88 Å². The Morgan fingerprint density at radius 1 is 1.28 bits per heavy atom. The van der Waals surface area contributed by atoms with Gasteiger partial charge in [0.2, 0.25) is 0 Å². The monoisotopic (exact) mass is 312 g/mol. The van der Waals surface area contributed by atoms with Crippen molar-refractivity contribution in [2.45, 2.75) is 27.2 Å². The molecule has 0 bridgehead atoms. The molecule has 0 spiro atoms. The van der Waals surface area contributed by atoms with Crippen molar-refractivity contribution in [2.24, 2.45) is 11.3 Å². The highest BCUT2D eigenvalue weighted by molar-refractivity contribution is 9.09. The van der Waals surface area contributed by atoms with Gasteiger partial charge in [0.1, 0.15) is 0 Å². The fourth-order valence-electron chi connectivity index (χ4n) is 1.89. The van der Waals surface area contributed by atoms with Gasteiger partial charge >= 0.3 is 0 Å². The summed E-state index contributed by atoms with van der Waals surface area (Å²) in [5.41, 5.74) is 1.72. The Kier molecular flexibility index (Phi) is 6.30. The Hall–Kier alpha value is -0.410. The Morgan fingerprint density at radius 2 is 1.89 bits per heavy atom. The van der Waals surface area contributed by atoms with E-state index in [4.69, 9.17) is 0 Å². The molecule has 0 saturated heterocycles. The highest BCUT2D eigenvalue weighted by atomic mass is 79.9. The van der Waals surface area contributed by atoms with Crippen molar-refractivity contribution in [3.05, 3.63) is 30.1 Å². The van der Waals surface area contributed by atoms with Gasteiger partial charge in [-0.2, -0.15) is 0 Å². The zero-order chi connectivity index (χ0) is 13.6. The lowest BCUT2D eigenvalue weighted by atomic mass is 9.82. The third kappa shape index (κ3) is 5.49. The molecule has 0 saturated carbocycles. The summed E-state index contributed by atoms with van der Waals surface area (Å²) >= 11 is 3.64. The first-order valence-electron chi connectivity index (χ1n) is 6.57. The quantitative estimate of drug-likeness (QED) is 0.746. The Balaban J connectivity index is 2.39. The zero-order valence-electron chi connectivity index (χ0n) is 12.0. The van der Waals surface area contributed by atoms with Gasteiger partial charge in [-0.15, -0.1) is 0 Å². The molecule has 1 atom stereocenters. The van der Waals surface area contributed by atoms with Crippen molar-refractivity contribution in [3.63, 3.8) is 0 Å². The number of aromatic nitrogens is 1. The molecule has 1 unspecified atom stereocenters. The molecule has 2 nitrogen and oxygen atoms in total. The van der Waals surface area contributed by atoms with E-state index < -0.39 is 0 Å². The van der Waals surface area contributed by atoms with Crippen LogP contribution < -0.4 is 0 Å². The Bertz CT molecular complexity index is 332. The molecule has 0 amide bonds. The van der Waals surface area contributed by atoms with Crippen LogP contribution in [0.15, 0.2) is 24.5 Å². The molecule has 1 heterocycles. The van der Waals surface area contributed by atoms with Gasteiger partial charge in [-0.05, 0) is 42.5 Å². The fourth-order valence-corrected chi connectivity index (χ4v) is 3.07. The summed E-state index contributed by atoms with van der Waals surface area (Å²) in [4.78, 5) is 6.47. The van der Waals surface area contributed by atoms with Crippen LogP contribution in [0.2, 0.25) is 0 Å². The van der Waals surface area contributed by atoms with Gasteiger partial charge in [-0.3, -0.25) is 4.98 Å². The molecule has 1 aromatic rings. The smallest absolute Gasteiger partial charge is 0.0270 e. The molecule has 0 aliphatic rings. The van der Waals surface area contributed by atoms with E-state index >= 15 is 0 Å². The minimum absolute atomic E-state index is 0.356. The second-order valence-electron chi connectivity index (χ2n) is 6.08. The summed E-state index contributed by atoms with van der Waals surface area (Å²) < 4.78 is 0. The molecule has 0 fully saturated rings. The van der Waals surface area contributed by atoms with Gasteiger partial charge in [0.15, 0.2) is 0 Å². The summed E-state index contributed by atoms with van der Waals surface area (Å²) in [6, 6.07) is 4.19. The van der Waals surface area contributed by atoms with Crippen LogP contribution in [0.5, 0.6) is 0 Å². The van der Waals surface area contributed by atoms with Crippen LogP contribution in [-0.4, -0.2) is 35.4 Å². The number of halogens is 1. The summed E-state index contributed by atoms with van der Waals surface area (Å²) in [6.07, 6.45) is 4.83. The van der Waals surface area contributed by atoms with E-state index in [1.165, 1.54) is 5.56 Å². The fraction of sp³-hybridized carbons (Fsp3) is 0.667. The van der Waals surface area contributed by atoms with Crippen molar-refractivity contribution in [3.8, 4) is 0 Å². The first-order chi connectivity index (χ1) is 8.43. The number of pyridine rings is 1. The van der Waals surface area contributed by atoms with Gasteiger partial charge < -0.3 is 4.90 Å². The largest absolute Gasteiger partial charge is 0.306 e. The van der Waals surface area contributed by atoms with Crippen LogP contribution in [0.25, 0.3) is 0 Å². The minimum atomic E-state index is 0.356. The SMILES string of the molecule is CN(CCc1ccncc1)CC(CBr)C(C)(C)C. The predicted octanol–water partition coefficient (Wildman–Crippen LogP) is 3.61. The third-order valence-corrected chi connectivity index (χ3v) is 4.26. The molecule has 1 rings (SSSR count). The van der Waals surface area contributed by atoms with Gasteiger partial charge in [-0.25, -0.2) is 0 Å². The van der Waals surface area contributed by atoms with Gasteiger partial charge in [0.05, 0.1) is 0 Å². The molecule has 0 N–H and O–H groups in total. The maximum atomic E-state index is 4.05. The predicted molar refractivity (Wildman–Crippen MR) is 82.2 cm³/mol. The summed E-state index contributed by atoms with van der Waals surface area (Å²) in [6.45, 7) is 9.18. The maximum absolute atomic E-state index is 4.05. The number of alkyl halides is 1. The molecule has 0 aliphatic heterocycles.